The Morgan fingerprint density at radius 2 is 1.71 bits per heavy atom. The Balaban J connectivity index is 1.98. The summed E-state index contributed by atoms with van der Waals surface area (Å²) in [6.45, 7) is -0.496. The van der Waals surface area contributed by atoms with E-state index < -0.39 is 6.73 Å². The molecular weight excluding hydrogens is 186 g/mol. The number of fused-ring (bicyclic) bond motifs is 5. The van der Waals surface area contributed by atoms with Crippen molar-refractivity contribution in [1.82, 2.24) is 4.90 Å². The molecule has 2 bridgehead atoms. The summed E-state index contributed by atoms with van der Waals surface area (Å²) in [5, 5.41) is 8.90. The molecule has 5 nitrogen and oxygen atoms in total. The van der Waals surface area contributed by atoms with E-state index in [4.69, 9.17) is 9.84 Å². The van der Waals surface area contributed by atoms with Gasteiger partial charge in [-0.25, -0.2) is 0 Å². The number of hydrogen-bond acceptors (Lipinski definition) is 4. The minimum atomic E-state index is -0.496. The molecule has 0 aromatic rings. The first kappa shape index (κ1) is 8.38. The number of rotatable bonds is 1. The van der Waals surface area contributed by atoms with Crippen molar-refractivity contribution in [2.45, 2.75) is 25.0 Å². The second-order valence-electron chi connectivity index (χ2n) is 4.09. The summed E-state index contributed by atoms with van der Waals surface area (Å²) in [6, 6.07) is 0. The maximum absolute atomic E-state index is 11.7. The Hall–Kier alpha value is -0.940. The lowest BCUT2D eigenvalue weighted by Crippen LogP contribution is -2.34. The lowest BCUT2D eigenvalue weighted by molar-refractivity contribution is -0.146. The van der Waals surface area contributed by atoms with E-state index in [-0.39, 0.29) is 35.9 Å². The number of carbonyl (C=O) groups excluding carboxylic acids is 2. The lowest BCUT2D eigenvalue weighted by atomic mass is 9.81. The molecule has 76 valence electrons. The Kier molecular flexibility index (Phi) is 1.52. The van der Waals surface area contributed by atoms with Gasteiger partial charge in [-0.15, -0.1) is 0 Å². The zero-order chi connectivity index (χ0) is 9.87. The number of likely N-dealkylation sites (tertiary alicyclic amines) is 1. The summed E-state index contributed by atoms with van der Waals surface area (Å²) >= 11 is 0. The van der Waals surface area contributed by atoms with Crippen LogP contribution < -0.4 is 0 Å². The van der Waals surface area contributed by atoms with Crippen molar-refractivity contribution >= 4 is 11.8 Å². The van der Waals surface area contributed by atoms with E-state index in [0.717, 1.165) is 17.7 Å². The zero-order valence-electron chi connectivity index (χ0n) is 7.55. The van der Waals surface area contributed by atoms with Crippen molar-refractivity contribution in [2.24, 2.45) is 11.8 Å². The highest BCUT2D eigenvalue weighted by Crippen LogP contribution is 2.48. The first-order valence-electron chi connectivity index (χ1n) is 4.85. The highest BCUT2D eigenvalue weighted by atomic mass is 16.5. The minimum absolute atomic E-state index is 0.0852. The average Bonchev–Trinajstić information content (AvgIpc) is 2.80. The molecule has 0 unspecified atom stereocenters. The van der Waals surface area contributed by atoms with Crippen LogP contribution in [-0.2, 0) is 14.3 Å². The number of aliphatic hydroxyl groups is 1. The van der Waals surface area contributed by atoms with E-state index in [1.165, 1.54) is 0 Å². The van der Waals surface area contributed by atoms with Gasteiger partial charge in [0.25, 0.3) is 0 Å². The third kappa shape index (κ3) is 0.773. The van der Waals surface area contributed by atoms with Crippen molar-refractivity contribution < 1.29 is 19.4 Å². The molecule has 3 saturated heterocycles. The molecule has 4 atom stereocenters. The fraction of sp³-hybridized carbons (Fsp3) is 0.778. The normalized spacial score (nSPS) is 45.1. The van der Waals surface area contributed by atoms with Crippen molar-refractivity contribution in [3.05, 3.63) is 0 Å². The number of aliphatic hydroxyl groups excluding tert-OH is 1. The van der Waals surface area contributed by atoms with E-state index in [9.17, 15) is 9.59 Å². The third-order valence-electron chi connectivity index (χ3n) is 3.52. The molecular formula is C9H11NO4. The van der Waals surface area contributed by atoms with E-state index in [1.807, 2.05) is 0 Å². The molecule has 0 aromatic heterocycles. The predicted molar refractivity (Wildman–Crippen MR) is 43.8 cm³/mol. The van der Waals surface area contributed by atoms with Crippen LogP contribution in [0.25, 0.3) is 0 Å². The quantitative estimate of drug-likeness (QED) is 0.553. The molecule has 0 spiro atoms. The number of ether oxygens (including phenoxy) is 1. The van der Waals surface area contributed by atoms with Gasteiger partial charge in [-0.05, 0) is 12.8 Å². The standard InChI is InChI=1S/C9H11NO4/c11-3-10-8(12)6-4-1-2-5(14-4)7(6)9(10)13/h4-7,11H,1-3H2/t4-,5-,6-,7+/m1/s1. The van der Waals surface area contributed by atoms with Gasteiger partial charge < -0.3 is 9.84 Å². The molecule has 5 heteroatoms. The highest BCUT2D eigenvalue weighted by molar-refractivity contribution is 6.06. The van der Waals surface area contributed by atoms with E-state index in [1.54, 1.807) is 0 Å². The number of amides is 2. The zero-order valence-corrected chi connectivity index (χ0v) is 7.55. The topological polar surface area (TPSA) is 66.8 Å². The van der Waals surface area contributed by atoms with Crippen LogP contribution in [0.1, 0.15) is 12.8 Å². The predicted octanol–water partition coefficient (Wildman–Crippen LogP) is -0.901. The Morgan fingerprint density at radius 1 is 1.21 bits per heavy atom. The van der Waals surface area contributed by atoms with Crippen LogP contribution in [0.15, 0.2) is 0 Å². The van der Waals surface area contributed by atoms with Crippen molar-refractivity contribution in [2.75, 3.05) is 6.73 Å². The first-order valence-corrected chi connectivity index (χ1v) is 4.85. The molecule has 3 fully saturated rings. The fourth-order valence-electron chi connectivity index (χ4n) is 2.91. The molecule has 0 saturated carbocycles. The number of nitrogens with zero attached hydrogens (tertiary/aromatic N) is 1. The largest absolute Gasteiger partial charge is 0.376 e. The Bertz CT molecular complexity index is 288. The second kappa shape index (κ2) is 2.55. The summed E-state index contributed by atoms with van der Waals surface area (Å²) in [4.78, 5) is 24.3. The van der Waals surface area contributed by atoms with Crippen molar-refractivity contribution in [3.63, 3.8) is 0 Å². The van der Waals surface area contributed by atoms with E-state index in [2.05, 4.69) is 0 Å². The van der Waals surface area contributed by atoms with E-state index in [0.29, 0.717) is 0 Å². The van der Waals surface area contributed by atoms with Gasteiger partial charge in [0.05, 0.1) is 24.0 Å². The third-order valence-corrected chi connectivity index (χ3v) is 3.52. The number of carbonyl (C=O) groups is 2. The first-order chi connectivity index (χ1) is 6.74. The van der Waals surface area contributed by atoms with Gasteiger partial charge in [0.15, 0.2) is 0 Å². The molecule has 14 heavy (non-hydrogen) atoms. The average molecular weight is 197 g/mol. The van der Waals surface area contributed by atoms with Crippen LogP contribution in [-0.4, -0.2) is 40.8 Å². The van der Waals surface area contributed by atoms with Crippen molar-refractivity contribution in [3.8, 4) is 0 Å². The summed E-state index contributed by atoms with van der Waals surface area (Å²) in [5.74, 6) is -1.13. The summed E-state index contributed by atoms with van der Waals surface area (Å²) in [5.41, 5.74) is 0. The molecule has 3 rings (SSSR count). The van der Waals surface area contributed by atoms with Gasteiger partial charge in [-0.2, -0.15) is 0 Å². The van der Waals surface area contributed by atoms with Crippen LogP contribution in [0, 0.1) is 11.8 Å². The van der Waals surface area contributed by atoms with Crippen LogP contribution in [0.2, 0.25) is 0 Å². The molecule has 1 N–H and O–H groups in total. The van der Waals surface area contributed by atoms with Crippen LogP contribution in [0.4, 0.5) is 0 Å². The van der Waals surface area contributed by atoms with Gasteiger partial charge in [0.2, 0.25) is 11.8 Å². The van der Waals surface area contributed by atoms with Gasteiger partial charge in [-0.1, -0.05) is 0 Å². The van der Waals surface area contributed by atoms with Gasteiger partial charge in [0, 0.05) is 0 Å². The smallest absolute Gasteiger partial charge is 0.237 e. The van der Waals surface area contributed by atoms with Gasteiger partial charge in [0.1, 0.15) is 6.73 Å². The SMILES string of the molecule is O=C1[C@@H]2[C@H](C(=O)N1CO)[C@H]1CC[C@H]2O1. The molecule has 3 aliphatic heterocycles. The second-order valence-corrected chi connectivity index (χ2v) is 4.09. The monoisotopic (exact) mass is 197 g/mol. The molecule has 3 aliphatic rings. The maximum atomic E-state index is 11.7. The van der Waals surface area contributed by atoms with Crippen molar-refractivity contribution in [1.29, 1.82) is 0 Å². The molecule has 3 heterocycles. The number of hydrogen-bond donors (Lipinski definition) is 1. The number of imide groups is 1. The fourth-order valence-corrected chi connectivity index (χ4v) is 2.91. The molecule has 0 aromatic carbocycles. The van der Waals surface area contributed by atoms with E-state index >= 15 is 0 Å². The van der Waals surface area contributed by atoms with Crippen LogP contribution in [0.3, 0.4) is 0 Å². The summed E-state index contributed by atoms with van der Waals surface area (Å²) in [6.07, 6.45) is 1.56. The van der Waals surface area contributed by atoms with Crippen LogP contribution in [0.5, 0.6) is 0 Å². The Morgan fingerprint density at radius 3 is 2.14 bits per heavy atom. The lowest BCUT2D eigenvalue weighted by Gasteiger charge is -2.15. The summed E-state index contributed by atoms with van der Waals surface area (Å²) in [7, 11) is 0. The maximum Gasteiger partial charge on any atom is 0.237 e. The molecule has 0 radical (unpaired) electrons. The molecule has 2 amide bonds. The van der Waals surface area contributed by atoms with Gasteiger partial charge in [-0.3, -0.25) is 14.5 Å². The molecule has 0 aliphatic carbocycles. The van der Waals surface area contributed by atoms with Gasteiger partial charge >= 0.3 is 0 Å². The summed E-state index contributed by atoms with van der Waals surface area (Å²) < 4.78 is 5.52. The Labute approximate surface area is 80.6 Å². The van der Waals surface area contributed by atoms with Crippen LogP contribution >= 0.6 is 0 Å². The highest BCUT2D eigenvalue weighted by Gasteiger charge is 2.62. The minimum Gasteiger partial charge on any atom is -0.376 e.